The first kappa shape index (κ1) is 6.77. The summed E-state index contributed by atoms with van der Waals surface area (Å²) in [6.07, 6.45) is 2.01. The highest BCUT2D eigenvalue weighted by molar-refractivity contribution is 7.48. The number of hydrogen-bond acceptors (Lipinski definition) is 3. The number of hydrogen-bond donors (Lipinski definition) is 0. The molecule has 0 bridgehead atoms. The molecule has 5 heteroatoms. The van der Waals surface area contributed by atoms with E-state index in [9.17, 15) is 8.76 Å². The zero-order valence-electron chi connectivity index (χ0n) is 5.38. The molecular weight excluding hydrogens is 158 g/mol. The van der Waals surface area contributed by atoms with Crippen LogP contribution in [0.4, 0.5) is 4.20 Å². The van der Waals surface area contributed by atoms with Crippen LogP contribution in [-0.4, -0.2) is 13.2 Å². The molecule has 1 saturated carbocycles. The van der Waals surface area contributed by atoms with E-state index < -0.39 is 7.91 Å². The molecule has 1 aliphatic carbocycles. The fraction of sp³-hybridized carbons (Fsp3) is 1.00. The van der Waals surface area contributed by atoms with Gasteiger partial charge in [0.2, 0.25) is 0 Å². The maximum absolute atomic E-state index is 12.4. The molecule has 2 aliphatic rings. The van der Waals surface area contributed by atoms with E-state index in [1.54, 1.807) is 0 Å². The average molecular weight is 166 g/mol. The molecule has 2 fully saturated rings. The second-order valence-corrected chi connectivity index (χ2v) is 4.36. The highest BCUT2D eigenvalue weighted by Crippen LogP contribution is 2.61. The Bertz CT molecular complexity index is 187. The fourth-order valence-electron chi connectivity index (χ4n) is 0.972. The molecule has 0 radical (unpaired) electrons. The van der Waals surface area contributed by atoms with Gasteiger partial charge >= 0.3 is 7.91 Å². The fourth-order valence-corrected chi connectivity index (χ4v) is 1.90. The predicted molar refractivity (Wildman–Crippen MR) is 32.3 cm³/mol. The smallest absolute Gasteiger partial charge is 0.283 e. The Morgan fingerprint density at radius 2 is 1.80 bits per heavy atom. The van der Waals surface area contributed by atoms with Crippen molar-refractivity contribution in [2.75, 3.05) is 13.2 Å². The minimum atomic E-state index is -4.13. The van der Waals surface area contributed by atoms with E-state index >= 15 is 0 Å². The van der Waals surface area contributed by atoms with E-state index in [1.165, 1.54) is 0 Å². The van der Waals surface area contributed by atoms with Crippen molar-refractivity contribution in [2.45, 2.75) is 12.8 Å². The molecular formula is C5H8FO3P. The molecule has 0 aromatic heterocycles. The van der Waals surface area contributed by atoms with Gasteiger partial charge in [-0.1, -0.05) is 0 Å². The van der Waals surface area contributed by atoms with Crippen molar-refractivity contribution in [2.24, 2.45) is 5.41 Å². The molecule has 1 heterocycles. The van der Waals surface area contributed by atoms with Crippen molar-refractivity contribution in [3.63, 3.8) is 0 Å². The van der Waals surface area contributed by atoms with Gasteiger partial charge in [0.25, 0.3) is 0 Å². The summed E-state index contributed by atoms with van der Waals surface area (Å²) in [5.41, 5.74) is 0.0278. The van der Waals surface area contributed by atoms with Gasteiger partial charge in [0.05, 0.1) is 13.2 Å². The molecule has 0 N–H and O–H groups in total. The molecule has 0 atom stereocenters. The normalized spacial score (nSPS) is 34.1. The molecule has 10 heavy (non-hydrogen) atoms. The summed E-state index contributed by atoms with van der Waals surface area (Å²) in [7, 11) is -4.13. The van der Waals surface area contributed by atoms with E-state index in [0.29, 0.717) is 0 Å². The van der Waals surface area contributed by atoms with Crippen molar-refractivity contribution >= 4 is 7.91 Å². The maximum Gasteiger partial charge on any atom is 0.513 e. The largest absolute Gasteiger partial charge is 0.513 e. The van der Waals surface area contributed by atoms with Crippen molar-refractivity contribution in [3.05, 3.63) is 0 Å². The van der Waals surface area contributed by atoms with Crippen LogP contribution in [-0.2, 0) is 13.6 Å². The topological polar surface area (TPSA) is 35.5 Å². The van der Waals surface area contributed by atoms with Crippen molar-refractivity contribution in [1.82, 2.24) is 0 Å². The molecule has 2 rings (SSSR count). The Balaban J connectivity index is 2.02. The van der Waals surface area contributed by atoms with Crippen LogP contribution in [0, 0.1) is 5.41 Å². The minimum absolute atomic E-state index is 0.0278. The molecule has 1 aliphatic heterocycles. The van der Waals surface area contributed by atoms with E-state index in [0.717, 1.165) is 12.8 Å². The standard InChI is InChI=1S/C5H8FO3P/c6-10(7)8-3-5(1-2-5)4-9-10/h1-4H2. The first-order valence-corrected chi connectivity index (χ1v) is 4.64. The summed E-state index contributed by atoms with van der Waals surface area (Å²) in [5, 5.41) is 0. The van der Waals surface area contributed by atoms with Crippen molar-refractivity contribution in [3.8, 4) is 0 Å². The van der Waals surface area contributed by atoms with Crippen LogP contribution in [0.25, 0.3) is 0 Å². The Morgan fingerprint density at radius 1 is 1.30 bits per heavy atom. The lowest BCUT2D eigenvalue weighted by atomic mass is 10.1. The van der Waals surface area contributed by atoms with Crippen LogP contribution in [0.2, 0.25) is 0 Å². The zero-order valence-corrected chi connectivity index (χ0v) is 6.27. The molecule has 0 amide bonds. The molecule has 1 saturated heterocycles. The van der Waals surface area contributed by atoms with E-state index in [4.69, 9.17) is 0 Å². The number of rotatable bonds is 0. The third kappa shape index (κ3) is 1.11. The summed E-state index contributed by atoms with van der Waals surface area (Å²) in [6.45, 7) is 0.529. The second kappa shape index (κ2) is 1.81. The Hall–Kier alpha value is 0.0800. The van der Waals surface area contributed by atoms with E-state index in [-0.39, 0.29) is 18.6 Å². The third-order valence-electron chi connectivity index (χ3n) is 2.01. The van der Waals surface area contributed by atoms with Gasteiger partial charge in [-0.15, -0.1) is 4.20 Å². The first-order chi connectivity index (χ1) is 4.62. The average Bonchev–Trinajstić information content (AvgIpc) is 2.60. The summed E-state index contributed by atoms with van der Waals surface area (Å²) >= 11 is 0. The van der Waals surface area contributed by atoms with Gasteiger partial charge in [-0.25, -0.2) is 4.57 Å². The van der Waals surface area contributed by atoms with Crippen molar-refractivity contribution < 1.29 is 17.8 Å². The van der Waals surface area contributed by atoms with Crippen LogP contribution >= 0.6 is 7.91 Å². The zero-order chi connectivity index (χ0) is 7.24. The quantitative estimate of drug-likeness (QED) is 0.515. The summed E-state index contributed by atoms with van der Waals surface area (Å²) in [5.74, 6) is 0. The minimum Gasteiger partial charge on any atom is -0.283 e. The van der Waals surface area contributed by atoms with Gasteiger partial charge in [0.1, 0.15) is 0 Å². The molecule has 3 nitrogen and oxygen atoms in total. The number of halogens is 1. The Labute approximate surface area is 58.2 Å². The lowest BCUT2D eigenvalue weighted by Crippen LogP contribution is -2.20. The summed E-state index contributed by atoms with van der Waals surface area (Å²) in [4.78, 5) is 0. The van der Waals surface area contributed by atoms with Crippen LogP contribution in [0.5, 0.6) is 0 Å². The van der Waals surface area contributed by atoms with E-state index in [1.807, 2.05) is 0 Å². The van der Waals surface area contributed by atoms with Gasteiger partial charge in [0.15, 0.2) is 0 Å². The van der Waals surface area contributed by atoms with Crippen LogP contribution < -0.4 is 0 Å². The highest BCUT2D eigenvalue weighted by atomic mass is 31.2. The Morgan fingerprint density at radius 3 is 2.20 bits per heavy atom. The van der Waals surface area contributed by atoms with Crippen LogP contribution in [0.15, 0.2) is 0 Å². The van der Waals surface area contributed by atoms with Gasteiger partial charge in [-0.2, -0.15) is 0 Å². The molecule has 0 aromatic rings. The monoisotopic (exact) mass is 166 g/mol. The van der Waals surface area contributed by atoms with Gasteiger partial charge in [-0.05, 0) is 12.8 Å². The lowest BCUT2D eigenvalue weighted by molar-refractivity contribution is 0.0610. The predicted octanol–water partition coefficient (Wildman–Crippen LogP) is 1.89. The summed E-state index contributed by atoms with van der Waals surface area (Å²) < 4.78 is 31.6. The molecule has 0 unspecified atom stereocenters. The van der Waals surface area contributed by atoms with Crippen molar-refractivity contribution in [1.29, 1.82) is 0 Å². The molecule has 58 valence electrons. The van der Waals surface area contributed by atoms with Crippen LogP contribution in [0.3, 0.4) is 0 Å². The molecule has 0 aromatic carbocycles. The summed E-state index contributed by atoms with van der Waals surface area (Å²) in [6, 6.07) is 0. The molecule has 1 spiro atoms. The van der Waals surface area contributed by atoms with Gasteiger partial charge < -0.3 is 0 Å². The van der Waals surface area contributed by atoms with Crippen LogP contribution in [0.1, 0.15) is 12.8 Å². The first-order valence-electron chi connectivity index (χ1n) is 3.21. The Kier molecular flexibility index (Phi) is 1.23. The third-order valence-corrected chi connectivity index (χ3v) is 2.88. The maximum atomic E-state index is 12.4. The second-order valence-electron chi connectivity index (χ2n) is 2.98. The SMILES string of the molecule is O=P1(F)OCC2(CC2)CO1. The van der Waals surface area contributed by atoms with E-state index in [2.05, 4.69) is 9.05 Å². The van der Waals surface area contributed by atoms with Gasteiger partial charge in [0, 0.05) is 5.41 Å². The highest BCUT2D eigenvalue weighted by Gasteiger charge is 2.50. The van der Waals surface area contributed by atoms with Gasteiger partial charge in [-0.3, -0.25) is 9.05 Å². The lowest BCUT2D eigenvalue weighted by Gasteiger charge is -2.22.